The Morgan fingerprint density at radius 1 is 1.25 bits per heavy atom. The second-order valence-corrected chi connectivity index (χ2v) is 0. The van der Waals surface area contributed by atoms with Crippen LogP contribution in [0.1, 0.15) is 0 Å². The largest absolute Gasteiger partial charge is 0.281 e. The van der Waals surface area contributed by atoms with E-state index in [0.29, 0.717) is 0 Å². The first-order chi connectivity index (χ1) is 1.00. The molecule has 0 saturated heterocycles. The van der Waals surface area contributed by atoms with E-state index < -0.39 is 0 Å². The van der Waals surface area contributed by atoms with Gasteiger partial charge in [0.25, 0.3) is 6.79 Å². The first-order valence-electron chi connectivity index (χ1n) is 0.204. The van der Waals surface area contributed by atoms with Gasteiger partial charge in [-0.2, -0.15) is 0 Å². The van der Waals surface area contributed by atoms with Crippen LogP contribution in [0.25, 0.3) is 0 Å². The Hall–Kier alpha value is 0.430. The van der Waals surface area contributed by atoms with Crippen molar-refractivity contribution in [3.63, 3.8) is 0 Å². The molecule has 0 aliphatic rings. The molecule has 1 nitrogen and oxygen atoms in total. The van der Waals surface area contributed by atoms with Crippen molar-refractivity contribution in [1.82, 2.24) is 0 Å². The fourth-order valence-electron chi connectivity index (χ4n) is 0. The summed E-state index contributed by atoms with van der Waals surface area (Å²) in [5.41, 5.74) is 0. The minimum atomic E-state index is 0. The van der Waals surface area contributed by atoms with E-state index in [-0.39, 0.29) is 28.6 Å². The van der Waals surface area contributed by atoms with Crippen molar-refractivity contribution in [3.05, 3.63) is 0 Å². The van der Waals surface area contributed by atoms with E-state index in [1.165, 1.54) is 0 Å². The zero-order chi connectivity index (χ0) is 2.00. The Labute approximate surface area is 40.8 Å². The summed E-state index contributed by atoms with van der Waals surface area (Å²) in [7, 11) is 0. The molecule has 18 valence electrons. The van der Waals surface area contributed by atoms with Gasteiger partial charge in [-0.15, -0.1) is 0 Å². The van der Waals surface area contributed by atoms with Gasteiger partial charge >= 0.3 is 0 Å². The average Bonchev–Trinajstić information content (AvgIpc) is 1.00. The molecule has 0 aliphatic heterocycles. The first kappa shape index (κ1) is 25.5. The monoisotopic (exact) mass is 130 g/mol. The van der Waals surface area contributed by atoms with Crippen LogP contribution in [0.4, 0.5) is 0 Å². The molecule has 0 aromatic rings. The molecule has 10 radical (unpaired) electrons. The fraction of sp³-hybridized carbons (Fsp3) is 0. The van der Waals surface area contributed by atoms with E-state index in [9.17, 15) is 0 Å². The smallest absolute Gasteiger partial charge is 0.281 e. The van der Waals surface area contributed by atoms with Gasteiger partial charge in [-0.3, -0.25) is 4.79 Å². The van der Waals surface area contributed by atoms with Crippen molar-refractivity contribution in [2.45, 2.75) is 0 Å². The molecule has 0 rings (SSSR count). The van der Waals surface area contributed by atoms with Crippen LogP contribution in [0.15, 0.2) is 0 Å². The summed E-state index contributed by atoms with van der Waals surface area (Å²) in [5, 5.41) is 0. The molecule has 3 heteroatoms. The molecule has 0 bridgehead atoms. The van der Waals surface area contributed by atoms with Gasteiger partial charge in [0, 0.05) is 28.6 Å². The molecule has 0 amide bonds. The summed E-state index contributed by atoms with van der Waals surface area (Å²) >= 11 is 0. The normalized spacial score (nSPS) is 1.00. The Morgan fingerprint density at radius 2 is 1.25 bits per heavy atom. The van der Waals surface area contributed by atoms with Gasteiger partial charge in [0.05, 0.1) is 0 Å². The Morgan fingerprint density at radius 3 is 1.25 bits per heavy atom. The Balaban J connectivity index is -0.00000000500. The summed E-state index contributed by atoms with van der Waals surface area (Å²) in [6.07, 6.45) is 0. The van der Waals surface area contributed by atoms with Crippen molar-refractivity contribution >= 4 is 35.4 Å². The quantitative estimate of drug-likeness (QED) is 0.377. The van der Waals surface area contributed by atoms with Gasteiger partial charge in [-0.1, -0.05) is 0 Å². The molecule has 0 aromatic carbocycles. The van der Waals surface area contributed by atoms with Crippen LogP contribution in [-0.4, -0.2) is 35.4 Å². The van der Waals surface area contributed by atoms with Crippen molar-refractivity contribution < 1.29 is 4.79 Å². The fourth-order valence-corrected chi connectivity index (χ4v) is 0. The van der Waals surface area contributed by atoms with Crippen molar-refractivity contribution in [2.75, 3.05) is 0 Å². The van der Waals surface area contributed by atoms with Gasteiger partial charge in [0.15, 0.2) is 0 Å². The molecule has 0 heterocycles. The molecule has 0 saturated carbocycles. The zero-order valence-electron chi connectivity index (χ0n) is 1.91. The van der Waals surface area contributed by atoms with Crippen molar-refractivity contribution in [1.29, 1.82) is 0 Å². The van der Waals surface area contributed by atoms with Gasteiger partial charge in [-0.25, -0.2) is 0 Å². The summed E-state index contributed by atoms with van der Waals surface area (Å²) < 4.78 is 0. The third kappa shape index (κ3) is 26.9. The van der Waals surface area contributed by atoms with E-state index in [0.717, 1.165) is 0 Å². The van der Waals surface area contributed by atoms with Gasteiger partial charge in [0.1, 0.15) is 0 Å². The summed E-state index contributed by atoms with van der Waals surface area (Å²) in [4.78, 5) is 7.50. The number of carbonyl (C=O) groups excluding carboxylic acids is 1. The number of hydrogen-bond donors (Lipinski definition) is 0. The average molecular weight is 129 g/mol. The van der Waals surface area contributed by atoms with Gasteiger partial charge < -0.3 is 0 Å². The maximum absolute atomic E-state index is 7.50. The van der Waals surface area contributed by atoms with E-state index in [2.05, 4.69) is 6.79 Å². The molecular formula is CGeOSi. The zero-order valence-corrected chi connectivity index (χ0v) is 5.01. The molecule has 0 N–H and O–H groups in total. The maximum Gasteiger partial charge on any atom is 0.281 e. The molecule has 0 spiro atoms. The van der Waals surface area contributed by atoms with Crippen LogP contribution >= 0.6 is 0 Å². The van der Waals surface area contributed by atoms with Crippen molar-refractivity contribution in [3.8, 4) is 0 Å². The van der Waals surface area contributed by atoms with Crippen LogP contribution in [0.3, 0.4) is 0 Å². The molecule has 4 heavy (non-hydrogen) atoms. The Kier molecular flexibility index (Phi) is 699. The van der Waals surface area contributed by atoms with E-state index in [4.69, 9.17) is 4.79 Å². The second kappa shape index (κ2) is 110. The van der Waals surface area contributed by atoms with Crippen LogP contribution in [0.5, 0.6) is 0 Å². The van der Waals surface area contributed by atoms with Crippen LogP contribution in [0.2, 0.25) is 0 Å². The van der Waals surface area contributed by atoms with Crippen LogP contribution in [-0.2, 0) is 4.79 Å². The van der Waals surface area contributed by atoms with E-state index >= 15 is 0 Å². The molecular weight excluding hydrogens is 129 g/mol. The maximum atomic E-state index is 7.50. The SMILES string of the molecule is [C]=O.[Ge].[Si]. The molecule has 0 unspecified atom stereocenters. The van der Waals surface area contributed by atoms with Gasteiger partial charge in [0.2, 0.25) is 0 Å². The summed E-state index contributed by atoms with van der Waals surface area (Å²) in [6.45, 7) is 4.50. The van der Waals surface area contributed by atoms with E-state index in [1.807, 2.05) is 0 Å². The minimum absolute atomic E-state index is 0. The molecule has 0 aromatic heterocycles. The predicted octanol–water partition coefficient (Wildman–Crippen LogP) is -1.16. The molecule has 0 fully saturated rings. The Bertz CT molecular complexity index is 8.00. The number of rotatable bonds is 0. The first-order valence-corrected chi connectivity index (χ1v) is 0.204. The van der Waals surface area contributed by atoms with E-state index in [1.54, 1.807) is 0 Å². The minimum Gasteiger partial charge on any atom is -0.281 e. The molecule has 0 atom stereocenters. The third-order valence-corrected chi connectivity index (χ3v) is 0. The predicted molar refractivity (Wildman–Crippen MR) is 17.2 cm³/mol. The van der Waals surface area contributed by atoms with Crippen molar-refractivity contribution in [2.24, 2.45) is 0 Å². The number of hydrogen-bond acceptors (Lipinski definition) is 1. The second-order valence-electron chi connectivity index (χ2n) is 0. The van der Waals surface area contributed by atoms with Crippen LogP contribution in [0, 0.1) is 0 Å². The molecule has 0 aliphatic carbocycles. The summed E-state index contributed by atoms with van der Waals surface area (Å²) in [5.74, 6) is 0. The topological polar surface area (TPSA) is 17.1 Å². The summed E-state index contributed by atoms with van der Waals surface area (Å²) in [6, 6.07) is 0. The standard InChI is InChI=1S/CO.Ge.Si/c1-2;;. The van der Waals surface area contributed by atoms with Gasteiger partial charge in [-0.05, 0) is 0 Å². The third-order valence-electron chi connectivity index (χ3n) is 0. The van der Waals surface area contributed by atoms with Crippen LogP contribution < -0.4 is 0 Å².